The van der Waals surface area contributed by atoms with Crippen LogP contribution in [0.2, 0.25) is 0 Å². The maximum absolute atomic E-state index is 12.6. The number of carbonyl (C=O) groups excluding carboxylic acids is 1. The Hall–Kier alpha value is -2.29. The Morgan fingerprint density at radius 1 is 1.18 bits per heavy atom. The van der Waals surface area contributed by atoms with Gasteiger partial charge >= 0.3 is 0 Å². The van der Waals surface area contributed by atoms with E-state index in [1.807, 2.05) is 31.2 Å². The van der Waals surface area contributed by atoms with E-state index in [0.717, 1.165) is 29.0 Å². The first-order valence-corrected chi connectivity index (χ1v) is 7.65. The second-order valence-electron chi connectivity index (χ2n) is 6.01. The molecule has 22 heavy (non-hydrogen) atoms. The Morgan fingerprint density at radius 3 is 2.68 bits per heavy atom. The van der Waals surface area contributed by atoms with Gasteiger partial charge in [0, 0.05) is 5.69 Å². The molecule has 0 saturated heterocycles. The third-order valence-corrected chi connectivity index (χ3v) is 4.57. The van der Waals surface area contributed by atoms with Gasteiger partial charge in [-0.2, -0.15) is 0 Å². The lowest BCUT2D eigenvalue weighted by Gasteiger charge is -2.23. The van der Waals surface area contributed by atoms with Crippen LogP contribution in [0, 0.1) is 0 Å². The maximum atomic E-state index is 12.6. The van der Waals surface area contributed by atoms with E-state index in [9.17, 15) is 4.79 Å². The van der Waals surface area contributed by atoms with Gasteiger partial charge in [-0.05, 0) is 48.6 Å². The van der Waals surface area contributed by atoms with Crippen molar-refractivity contribution in [2.45, 2.75) is 32.1 Å². The average Bonchev–Trinajstić information content (AvgIpc) is 2.78. The fourth-order valence-electron chi connectivity index (χ4n) is 3.18. The van der Waals surface area contributed by atoms with Crippen LogP contribution in [0.1, 0.15) is 30.5 Å². The molecule has 3 rings (SSSR count). The summed E-state index contributed by atoms with van der Waals surface area (Å²) in [5.74, 6) is 0.886. The number of aryl methyl sites for hydroxylation is 1. The minimum atomic E-state index is -0.559. The van der Waals surface area contributed by atoms with Crippen LogP contribution >= 0.6 is 0 Å². The van der Waals surface area contributed by atoms with Crippen LogP contribution in [0.3, 0.4) is 0 Å². The van der Waals surface area contributed by atoms with Crippen molar-refractivity contribution in [2.75, 3.05) is 12.4 Å². The predicted molar refractivity (Wildman–Crippen MR) is 88.5 cm³/mol. The minimum absolute atomic E-state index is 0.0571. The van der Waals surface area contributed by atoms with Gasteiger partial charge in [0.1, 0.15) is 5.75 Å². The first kappa shape index (κ1) is 14.6. The summed E-state index contributed by atoms with van der Waals surface area (Å²) in [7, 11) is 1.66. The number of nitrogens with one attached hydrogen (secondary N) is 1. The summed E-state index contributed by atoms with van der Waals surface area (Å²) < 4.78 is 5.43. The molecule has 0 aliphatic carbocycles. The van der Waals surface area contributed by atoms with E-state index >= 15 is 0 Å². The first-order valence-electron chi connectivity index (χ1n) is 7.65. The van der Waals surface area contributed by atoms with E-state index in [4.69, 9.17) is 4.74 Å². The summed E-state index contributed by atoms with van der Waals surface area (Å²) in [6, 6.07) is 14.2. The largest absolute Gasteiger partial charge is 0.496 e. The van der Waals surface area contributed by atoms with Crippen molar-refractivity contribution in [3.05, 3.63) is 59.2 Å². The normalized spacial score (nSPS) is 19.7. The molecule has 2 aromatic carbocycles. The van der Waals surface area contributed by atoms with E-state index < -0.39 is 5.41 Å². The number of anilines is 1. The molecule has 0 aromatic heterocycles. The minimum Gasteiger partial charge on any atom is -0.496 e. The van der Waals surface area contributed by atoms with E-state index in [1.165, 1.54) is 5.56 Å². The van der Waals surface area contributed by atoms with Crippen LogP contribution in [0.25, 0.3) is 0 Å². The third kappa shape index (κ3) is 2.27. The molecule has 114 valence electrons. The molecule has 1 atom stereocenters. The Kier molecular flexibility index (Phi) is 3.65. The van der Waals surface area contributed by atoms with Crippen LogP contribution in [0.15, 0.2) is 42.5 Å². The standard InChI is InChI=1S/C19H21NO2/c1-4-13-9-10-15-16(11-13)20-18(21)19(15,2)12-14-7-5-6-8-17(14)22-3/h5-11H,4,12H2,1-3H3,(H,20,21). The van der Waals surface area contributed by atoms with Gasteiger partial charge in [-0.25, -0.2) is 0 Å². The topological polar surface area (TPSA) is 38.3 Å². The number of para-hydroxylation sites is 1. The fraction of sp³-hybridized carbons (Fsp3) is 0.316. The van der Waals surface area contributed by atoms with Crippen molar-refractivity contribution < 1.29 is 9.53 Å². The number of hydrogen-bond donors (Lipinski definition) is 1. The number of ether oxygens (including phenoxy) is 1. The quantitative estimate of drug-likeness (QED) is 0.933. The highest BCUT2D eigenvalue weighted by Crippen LogP contribution is 2.41. The lowest BCUT2D eigenvalue weighted by atomic mass is 9.78. The van der Waals surface area contributed by atoms with E-state index in [0.29, 0.717) is 6.42 Å². The zero-order valence-electron chi connectivity index (χ0n) is 13.3. The molecule has 1 unspecified atom stereocenters. The van der Waals surface area contributed by atoms with E-state index in [1.54, 1.807) is 7.11 Å². The molecule has 0 fully saturated rings. The zero-order valence-corrected chi connectivity index (χ0v) is 13.3. The second kappa shape index (κ2) is 5.48. The van der Waals surface area contributed by atoms with Crippen LogP contribution in [-0.4, -0.2) is 13.0 Å². The molecule has 1 heterocycles. The van der Waals surface area contributed by atoms with Gasteiger partial charge in [0.2, 0.25) is 5.91 Å². The number of carbonyl (C=O) groups is 1. The summed E-state index contributed by atoms with van der Waals surface area (Å²) in [6.45, 7) is 4.12. The lowest BCUT2D eigenvalue weighted by molar-refractivity contribution is -0.120. The van der Waals surface area contributed by atoms with E-state index in [-0.39, 0.29) is 5.91 Å². The maximum Gasteiger partial charge on any atom is 0.235 e. The Labute approximate surface area is 131 Å². The molecule has 2 aromatic rings. The number of hydrogen-bond acceptors (Lipinski definition) is 2. The van der Waals surface area contributed by atoms with Gasteiger partial charge in [0.15, 0.2) is 0 Å². The van der Waals surface area contributed by atoms with E-state index in [2.05, 4.69) is 30.4 Å². The molecule has 0 spiro atoms. The first-order chi connectivity index (χ1) is 10.6. The van der Waals surface area contributed by atoms with Crippen molar-refractivity contribution in [1.29, 1.82) is 0 Å². The van der Waals surface area contributed by atoms with Crippen molar-refractivity contribution in [3.8, 4) is 5.75 Å². The molecule has 1 aliphatic rings. The van der Waals surface area contributed by atoms with Gasteiger partial charge in [-0.15, -0.1) is 0 Å². The third-order valence-electron chi connectivity index (χ3n) is 4.57. The van der Waals surface area contributed by atoms with Crippen molar-refractivity contribution in [2.24, 2.45) is 0 Å². The average molecular weight is 295 g/mol. The summed E-state index contributed by atoms with van der Waals surface area (Å²) in [5, 5.41) is 3.04. The molecule has 0 bridgehead atoms. The molecule has 3 nitrogen and oxygen atoms in total. The SMILES string of the molecule is CCc1ccc2c(c1)NC(=O)C2(C)Cc1ccccc1OC. The molecule has 1 amide bonds. The Balaban J connectivity index is 2.02. The summed E-state index contributed by atoms with van der Waals surface area (Å²) in [6.07, 6.45) is 1.59. The highest BCUT2D eigenvalue weighted by atomic mass is 16.5. The summed E-state index contributed by atoms with van der Waals surface area (Å²) >= 11 is 0. The van der Waals surface area contributed by atoms with Gasteiger partial charge in [-0.3, -0.25) is 4.79 Å². The van der Waals surface area contributed by atoms with Crippen molar-refractivity contribution in [3.63, 3.8) is 0 Å². The molecule has 3 heteroatoms. The lowest BCUT2D eigenvalue weighted by Crippen LogP contribution is -2.33. The predicted octanol–water partition coefficient (Wildman–Crippen LogP) is 3.71. The number of methoxy groups -OCH3 is 1. The number of fused-ring (bicyclic) bond motifs is 1. The van der Waals surface area contributed by atoms with Crippen LogP contribution in [0.4, 0.5) is 5.69 Å². The Bertz CT molecular complexity index is 723. The van der Waals surface area contributed by atoms with Gasteiger partial charge in [-0.1, -0.05) is 37.3 Å². The van der Waals surface area contributed by atoms with Crippen LogP contribution < -0.4 is 10.1 Å². The molecule has 1 N–H and O–H groups in total. The van der Waals surface area contributed by atoms with Crippen LogP contribution in [0.5, 0.6) is 5.75 Å². The monoisotopic (exact) mass is 295 g/mol. The molecule has 0 saturated carbocycles. The number of rotatable bonds is 4. The molecule has 0 radical (unpaired) electrons. The number of amides is 1. The smallest absolute Gasteiger partial charge is 0.235 e. The Morgan fingerprint density at radius 2 is 1.95 bits per heavy atom. The van der Waals surface area contributed by atoms with Gasteiger partial charge in [0.05, 0.1) is 12.5 Å². The fourth-order valence-corrected chi connectivity index (χ4v) is 3.18. The highest BCUT2D eigenvalue weighted by molar-refractivity contribution is 6.06. The van der Waals surface area contributed by atoms with Crippen molar-refractivity contribution in [1.82, 2.24) is 0 Å². The molecule has 1 aliphatic heterocycles. The molecular formula is C19H21NO2. The zero-order chi connectivity index (χ0) is 15.7. The van der Waals surface area contributed by atoms with Gasteiger partial charge in [0.25, 0.3) is 0 Å². The summed E-state index contributed by atoms with van der Waals surface area (Å²) in [4.78, 5) is 12.6. The van der Waals surface area contributed by atoms with Crippen LogP contribution in [-0.2, 0) is 23.1 Å². The summed E-state index contributed by atoms with van der Waals surface area (Å²) in [5.41, 5.74) is 3.74. The number of benzene rings is 2. The van der Waals surface area contributed by atoms with Gasteiger partial charge < -0.3 is 10.1 Å². The molecular weight excluding hydrogens is 274 g/mol. The second-order valence-corrected chi connectivity index (χ2v) is 6.01. The van der Waals surface area contributed by atoms with Crippen molar-refractivity contribution >= 4 is 11.6 Å². The highest BCUT2D eigenvalue weighted by Gasteiger charge is 2.43.